The summed E-state index contributed by atoms with van der Waals surface area (Å²) in [6.07, 6.45) is 3.09. The number of aliphatic hydroxyl groups is 1. The first-order valence-corrected chi connectivity index (χ1v) is 10.6. The highest BCUT2D eigenvalue weighted by atomic mass is 35.5. The van der Waals surface area contributed by atoms with Gasteiger partial charge in [0.1, 0.15) is 25.0 Å². The fraction of sp³-hybridized carbons (Fsp3) is 0.458. The van der Waals surface area contributed by atoms with Gasteiger partial charge in [-0.1, -0.05) is 36.4 Å². The predicted molar refractivity (Wildman–Crippen MR) is 114 cm³/mol. The van der Waals surface area contributed by atoms with Crippen LogP contribution in [0, 0.1) is 0 Å². The quantitative estimate of drug-likeness (QED) is 0.650. The highest BCUT2D eigenvalue weighted by Crippen LogP contribution is 2.31. The Bertz CT molecular complexity index is 851. The van der Waals surface area contributed by atoms with Crippen LogP contribution >= 0.6 is 0 Å². The summed E-state index contributed by atoms with van der Waals surface area (Å²) in [6, 6.07) is 16.5. The summed E-state index contributed by atoms with van der Waals surface area (Å²) >= 11 is 0. The lowest BCUT2D eigenvalue weighted by Crippen LogP contribution is -3.00. The maximum absolute atomic E-state index is 11.6. The van der Waals surface area contributed by atoms with Gasteiger partial charge in [0.2, 0.25) is 5.91 Å². The minimum Gasteiger partial charge on any atom is -1.00 e. The molecule has 0 aliphatic carbocycles. The number of anilines is 1. The van der Waals surface area contributed by atoms with Crippen molar-refractivity contribution in [3.05, 3.63) is 59.7 Å². The highest BCUT2D eigenvalue weighted by molar-refractivity contribution is 5.94. The van der Waals surface area contributed by atoms with Crippen LogP contribution in [0.1, 0.15) is 36.3 Å². The summed E-state index contributed by atoms with van der Waals surface area (Å²) in [7, 11) is 2.23. The zero-order chi connectivity index (χ0) is 20.3. The van der Waals surface area contributed by atoms with E-state index in [1.807, 2.05) is 18.2 Å². The fourth-order valence-electron chi connectivity index (χ4n) is 4.63. The molecule has 1 unspecified atom stereocenters. The summed E-state index contributed by atoms with van der Waals surface area (Å²) in [5.74, 6) is 1.36. The van der Waals surface area contributed by atoms with E-state index in [9.17, 15) is 9.90 Å². The van der Waals surface area contributed by atoms with Gasteiger partial charge in [-0.15, -0.1) is 0 Å². The Hall–Kier alpha value is -2.08. The molecule has 6 heteroatoms. The van der Waals surface area contributed by atoms with Crippen molar-refractivity contribution in [3.63, 3.8) is 0 Å². The molecule has 2 heterocycles. The van der Waals surface area contributed by atoms with Crippen molar-refractivity contribution < 1.29 is 31.5 Å². The number of fused-ring (bicyclic) bond motifs is 1. The number of nitrogens with zero attached hydrogens (tertiary/aromatic N) is 1. The SMILES string of the molecule is C[N+]1(CC(O)COc2ccc3c(c2)NC(=O)CC3)CCC(c2ccccc2)CC1.[Cl-]. The average Bonchev–Trinajstić information content (AvgIpc) is 2.73. The first-order valence-electron chi connectivity index (χ1n) is 10.6. The maximum atomic E-state index is 11.6. The lowest BCUT2D eigenvalue weighted by Gasteiger charge is -2.41. The Balaban J connectivity index is 0.00000256. The number of nitrogens with one attached hydrogen (secondary N) is 1. The largest absolute Gasteiger partial charge is 1.00 e. The van der Waals surface area contributed by atoms with Gasteiger partial charge in [0, 0.05) is 31.0 Å². The maximum Gasteiger partial charge on any atom is 0.224 e. The number of hydrogen-bond acceptors (Lipinski definition) is 3. The number of aliphatic hydroxyl groups excluding tert-OH is 1. The molecule has 0 bridgehead atoms. The molecule has 0 aromatic heterocycles. The van der Waals surface area contributed by atoms with Crippen LogP contribution in [-0.4, -0.2) is 54.9 Å². The Morgan fingerprint density at radius 3 is 2.60 bits per heavy atom. The van der Waals surface area contributed by atoms with Gasteiger partial charge in [-0.25, -0.2) is 0 Å². The number of carbonyl (C=O) groups is 1. The van der Waals surface area contributed by atoms with Crippen LogP contribution in [0.4, 0.5) is 5.69 Å². The average molecular weight is 431 g/mol. The summed E-state index contributed by atoms with van der Waals surface area (Å²) in [5, 5.41) is 13.5. The molecule has 4 rings (SSSR count). The molecule has 5 nitrogen and oxygen atoms in total. The van der Waals surface area contributed by atoms with Crippen molar-refractivity contribution in [2.45, 2.75) is 37.7 Å². The number of piperidine rings is 1. The third kappa shape index (κ3) is 5.54. The van der Waals surface area contributed by atoms with Crippen LogP contribution in [0.2, 0.25) is 0 Å². The Labute approximate surface area is 185 Å². The van der Waals surface area contributed by atoms with Gasteiger partial charge in [0.05, 0.1) is 20.1 Å². The van der Waals surface area contributed by atoms with Crippen LogP contribution < -0.4 is 22.5 Å². The van der Waals surface area contributed by atoms with E-state index in [-0.39, 0.29) is 24.9 Å². The van der Waals surface area contributed by atoms with E-state index in [2.05, 4.69) is 42.7 Å². The number of ether oxygens (including phenoxy) is 1. The van der Waals surface area contributed by atoms with Crippen LogP contribution in [0.5, 0.6) is 5.75 Å². The summed E-state index contributed by atoms with van der Waals surface area (Å²) in [6.45, 7) is 3.11. The summed E-state index contributed by atoms with van der Waals surface area (Å²) < 4.78 is 6.72. The molecule has 1 atom stereocenters. The lowest BCUT2D eigenvalue weighted by atomic mass is 9.88. The number of halogens is 1. The van der Waals surface area contributed by atoms with Crippen molar-refractivity contribution in [3.8, 4) is 5.75 Å². The molecule has 2 aromatic rings. The number of aryl methyl sites for hydroxylation is 1. The van der Waals surface area contributed by atoms with Gasteiger partial charge in [0.15, 0.2) is 0 Å². The molecule has 30 heavy (non-hydrogen) atoms. The van der Waals surface area contributed by atoms with Crippen LogP contribution in [-0.2, 0) is 11.2 Å². The van der Waals surface area contributed by atoms with Crippen LogP contribution in [0.25, 0.3) is 0 Å². The number of carbonyl (C=O) groups excluding carboxylic acids is 1. The van der Waals surface area contributed by atoms with Gasteiger partial charge in [-0.3, -0.25) is 4.79 Å². The predicted octanol–water partition coefficient (Wildman–Crippen LogP) is 0.339. The fourth-order valence-corrected chi connectivity index (χ4v) is 4.63. The molecule has 2 aliphatic rings. The van der Waals surface area contributed by atoms with Crippen molar-refractivity contribution >= 4 is 11.6 Å². The van der Waals surface area contributed by atoms with E-state index < -0.39 is 6.10 Å². The first-order chi connectivity index (χ1) is 14.0. The highest BCUT2D eigenvalue weighted by Gasteiger charge is 2.32. The second-order valence-corrected chi connectivity index (χ2v) is 8.77. The van der Waals surface area contributed by atoms with E-state index >= 15 is 0 Å². The van der Waals surface area contributed by atoms with E-state index in [4.69, 9.17) is 4.74 Å². The zero-order valence-electron chi connectivity index (χ0n) is 17.5. The Morgan fingerprint density at radius 1 is 1.13 bits per heavy atom. The van der Waals surface area contributed by atoms with E-state index in [1.165, 1.54) is 5.56 Å². The second kappa shape index (κ2) is 9.82. The minimum absolute atomic E-state index is 0. The smallest absolute Gasteiger partial charge is 0.224 e. The molecular weight excluding hydrogens is 400 g/mol. The van der Waals surface area contributed by atoms with Crippen LogP contribution in [0.15, 0.2) is 48.5 Å². The zero-order valence-corrected chi connectivity index (χ0v) is 18.3. The van der Waals surface area contributed by atoms with E-state index in [1.54, 1.807) is 0 Å². The molecule has 2 N–H and O–H groups in total. The Kier molecular flexibility index (Phi) is 7.40. The molecule has 0 spiro atoms. The number of hydrogen-bond donors (Lipinski definition) is 2. The molecule has 162 valence electrons. The third-order valence-electron chi connectivity index (χ3n) is 6.38. The van der Waals surface area contributed by atoms with E-state index in [0.717, 1.165) is 48.1 Å². The Morgan fingerprint density at radius 2 is 1.87 bits per heavy atom. The van der Waals surface area contributed by atoms with Crippen LogP contribution in [0.3, 0.4) is 0 Å². The monoisotopic (exact) mass is 430 g/mol. The minimum atomic E-state index is -0.515. The molecule has 1 saturated heterocycles. The number of likely N-dealkylation sites (tertiary alicyclic amines) is 1. The molecular formula is C24H31ClN2O3. The molecule has 2 aliphatic heterocycles. The molecule has 1 amide bonds. The second-order valence-electron chi connectivity index (χ2n) is 8.77. The number of quaternary nitrogens is 1. The van der Waals surface area contributed by atoms with E-state index in [0.29, 0.717) is 24.6 Å². The third-order valence-corrected chi connectivity index (χ3v) is 6.38. The van der Waals surface area contributed by atoms with Crippen molar-refractivity contribution in [1.82, 2.24) is 0 Å². The molecule has 0 saturated carbocycles. The number of amides is 1. The van der Waals surface area contributed by atoms with Gasteiger partial charge < -0.3 is 32.1 Å². The molecule has 2 aromatic carbocycles. The van der Waals surface area contributed by atoms with Crippen molar-refractivity contribution in [2.24, 2.45) is 0 Å². The summed E-state index contributed by atoms with van der Waals surface area (Å²) in [4.78, 5) is 11.6. The number of likely N-dealkylation sites (N-methyl/N-ethyl adjacent to an activating group) is 1. The first kappa shape index (κ1) is 22.6. The standard InChI is InChI=1S/C24H30N2O3.ClH/c1-26(13-11-19(12-14-26)18-5-3-2-4-6-18)16-21(27)17-29-22-9-7-20-8-10-24(28)25-23(20)15-22;/h2-7,9,15,19,21,27H,8,10-14,16-17H2,1H3;1H. The van der Waals surface area contributed by atoms with Gasteiger partial charge in [-0.05, 0) is 29.5 Å². The molecule has 1 fully saturated rings. The lowest BCUT2D eigenvalue weighted by molar-refractivity contribution is -0.917. The van der Waals surface area contributed by atoms with Gasteiger partial charge in [-0.2, -0.15) is 0 Å². The topological polar surface area (TPSA) is 58.6 Å². The van der Waals surface area contributed by atoms with Gasteiger partial charge >= 0.3 is 0 Å². The molecule has 0 radical (unpaired) electrons. The van der Waals surface area contributed by atoms with Gasteiger partial charge in [0.25, 0.3) is 0 Å². The van der Waals surface area contributed by atoms with Crippen molar-refractivity contribution in [2.75, 3.05) is 38.6 Å². The van der Waals surface area contributed by atoms with Crippen molar-refractivity contribution in [1.29, 1.82) is 0 Å². The number of benzene rings is 2. The normalized spacial score (nSPS) is 24.2. The summed E-state index contributed by atoms with van der Waals surface area (Å²) in [5.41, 5.74) is 3.40. The number of rotatable bonds is 6.